The van der Waals surface area contributed by atoms with Gasteiger partial charge < -0.3 is 15.4 Å². The maximum absolute atomic E-state index is 13.0. The van der Waals surface area contributed by atoms with E-state index < -0.39 is 19.3 Å². The Morgan fingerprint density at radius 1 is 1.15 bits per heavy atom. The van der Waals surface area contributed by atoms with Gasteiger partial charge in [-0.2, -0.15) is 0 Å². The van der Waals surface area contributed by atoms with Gasteiger partial charge in [0.05, 0.1) is 20.0 Å². The van der Waals surface area contributed by atoms with Gasteiger partial charge in [0.15, 0.2) is 0 Å². The van der Waals surface area contributed by atoms with Crippen LogP contribution in [-0.4, -0.2) is 28.0 Å². The number of halogens is 2. The van der Waals surface area contributed by atoms with Crippen molar-refractivity contribution >= 4 is 28.1 Å². The standard InChI is InChI=1S/C20H20F2N2OS/c21-8-14(9-22)10-24-11-18(15-2-1-3-16(7-15)20(23)26)17-5-4-13(12-25)6-19(17)24/h1-7,11,14,25H,8-10,12H2,(H2,23,26). The third-order valence-corrected chi connectivity index (χ3v) is 4.71. The Morgan fingerprint density at radius 3 is 2.58 bits per heavy atom. The molecule has 3 rings (SSSR count). The molecule has 0 aliphatic carbocycles. The minimum absolute atomic E-state index is 0.0942. The summed E-state index contributed by atoms with van der Waals surface area (Å²) in [6, 6.07) is 13.2. The summed E-state index contributed by atoms with van der Waals surface area (Å²) in [5.41, 5.74) is 9.93. The molecule has 136 valence electrons. The van der Waals surface area contributed by atoms with E-state index in [1.54, 1.807) is 0 Å². The van der Waals surface area contributed by atoms with Gasteiger partial charge in [-0.15, -0.1) is 0 Å². The lowest BCUT2D eigenvalue weighted by Crippen LogP contribution is -2.14. The van der Waals surface area contributed by atoms with E-state index in [1.165, 1.54) is 0 Å². The van der Waals surface area contributed by atoms with Crippen molar-refractivity contribution in [2.75, 3.05) is 13.3 Å². The van der Waals surface area contributed by atoms with Crippen LogP contribution >= 0.6 is 12.2 Å². The summed E-state index contributed by atoms with van der Waals surface area (Å²) < 4.78 is 27.9. The average Bonchev–Trinajstić information content (AvgIpc) is 3.03. The zero-order valence-electron chi connectivity index (χ0n) is 14.2. The molecule has 0 aliphatic rings. The van der Waals surface area contributed by atoms with E-state index in [0.29, 0.717) is 4.99 Å². The third-order valence-electron chi connectivity index (χ3n) is 4.48. The molecule has 0 saturated heterocycles. The van der Waals surface area contributed by atoms with Crippen LogP contribution in [0, 0.1) is 5.92 Å². The number of rotatable bonds is 7. The number of fused-ring (bicyclic) bond motifs is 1. The molecule has 6 heteroatoms. The lowest BCUT2D eigenvalue weighted by molar-refractivity contribution is 0.264. The molecule has 0 radical (unpaired) electrons. The Labute approximate surface area is 156 Å². The van der Waals surface area contributed by atoms with E-state index in [-0.39, 0.29) is 13.2 Å². The van der Waals surface area contributed by atoms with Crippen LogP contribution in [-0.2, 0) is 13.2 Å². The minimum Gasteiger partial charge on any atom is -0.392 e. The number of hydrogen-bond donors (Lipinski definition) is 2. The number of aromatic nitrogens is 1. The van der Waals surface area contributed by atoms with Crippen molar-refractivity contribution in [1.29, 1.82) is 0 Å². The van der Waals surface area contributed by atoms with Crippen molar-refractivity contribution in [1.82, 2.24) is 4.57 Å². The van der Waals surface area contributed by atoms with Gasteiger partial charge in [-0.3, -0.25) is 8.78 Å². The summed E-state index contributed by atoms with van der Waals surface area (Å²) in [5, 5.41) is 10.4. The van der Waals surface area contributed by atoms with Gasteiger partial charge in [0.25, 0.3) is 0 Å². The maximum Gasteiger partial charge on any atom is 0.104 e. The molecule has 2 aromatic carbocycles. The summed E-state index contributed by atoms with van der Waals surface area (Å²) in [7, 11) is 0. The molecule has 0 spiro atoms. The van der Waals surface area contributed by atoms with Crippen molar-refractivity contribution in [3.63, 3.8) is 0 Å². The SMILES string of the molecule is NC(=S)c1cccc(-c2cn(CC(CF)CF)c3cc(CO)ccc23)c1. The number of aliphatic hydroxyl groups is 1. The van der Waals surface area contributed by atoms with Crippen LogP contribution < -0.4 is 5.73 Å². The molecule has 3 nitrogen and oxygen atoms in total. The Bertz CT molecular complexity index is 935. The van der Waals surface area contributed by atoms with Crippen LogP contribution in [0.15, 0.2) is 48.7 Å². The molecule has 0 bridgehead atoms. The number of nitrogens with two attached hydrogens (primary N) is 1. The first-order valence-corrected chi connectivity index (χ1v) is 8.73. The van der Waals surface area contributed by atoms with Gasteiger partial charge in [0.2, 0.25) is 0 Å². The fraction of sp³-hybridized carbons (Fsp3) is 0.250. The first-order chi connectivity index (χ1) is 12.6. The van der Waals surface area contributed by atoms with Crippen LogP contribution in [0.2, 0.25) is 0 Å². The number of nitrogens with zero attached hydrogens (tertiary/aromatic N) is 1. The van der Waals surface area contributed by atoms with E-state index >= 15 is 0 Å². The first kappa shape index (κ1) is 18.5. The van der Waals surface area contributed by atoms with E-state index in [4.69, 9.17) is 18.0 Å². The first-order valence-electron chi connectivity index (χ1n) is 8.32. The summed E-state index contributed by atoms with van der Waals surface area (Å²) in [5.74, 6) is -0.695. The average molecular weight is 374 g/mol. The van der Waals surface area contributed by atoms with Gasteiger partial charge >= 0.3 is 0 Å². The number of benzene rings is 2. The fourth-order valence-electron chi connectivity index (χ4n) is 3.07. The summed E-state index contributed by atoms with van der Waals surface area (Å²) in [4.78, 5) is 0.313. The Kier molecular flexibility index (Phi) is 5.64. The zero-order valence-corrected chi connectivity index (χ0v) is 15.0. The number of aliphatic hydroxyl groups excluding tert-OH is 1. The van der Waals surface area contributed by atoms with Gasteiger partial charge in [0.1, 0.15) is 4.99 Å². The van der Waals surface area contributed by atoms with Crippen molar-refractivity contribution < 1.29 is 13.9 Å². The van der Waals surface area contributed by atoms with E-state index in [0.717, 1.165) is 33.2 Å². The van der Waals surface area contributed by atoms with Crippen LogP contribution in [0.4, 0.5) is 8.78 Å². The summed E-state index contributed by atoms with van der Waals surface area (Å²) >= 11 is 5.06. The quantitative estimate of drug-likeness (QED) is 0.615. The minimum atomic E-state index is -0.720. The molecule has 0 saturated carbocycles. The molecule has 1 heterocycles. The largest absolute Gasteiger partial charge is 0.392 e. The van der Waals surface area contributed by atoms with Gasteiger partial charge in [-0.25, -0.2) is 0 Å². The monoisotopic (exact) mass is 374 g/mol. The molecule has 0 atom stereocenters. The van der Waals surface area contributed by atoms with Crippen LogP contribution in [0.5, 0.6) is 0 Å². The highest BCUT2D eigenvalue weighted by atomic mass is 32.1. The van der Waals surface area contributed by atoms with Crippen molar-refractivity contribution in [2.45, 2.75) is 13.2 Å². The van der Waals surface area contributed by atoms with Gasteiger partial charge in [0, 0.05) is 40.7 Å². The van der Waals surface area contributed by atoms with Crippen LogP contribution in [0.1, 0.15) is 11.1 Å². The molecule has 3 N–H and O–H groups in total. The predicted octanol–water partition coefficient (Wildman–Crippen LogP) is 3.99. The maximum atomic E-state index is 13.0. The molecule has 0 amide bonds. The summed E-state index contributed by atoms with van der Waals surface area (Å²) in [6.45, 7) is -1.30. The lowest BCUT2D eigenvalue weighted by Gasteiger charge is -2.11. The molecular formula is C20H20F2N2OS. The van der Waals surface area contributed by atoms with Crippen LogP contribution in [0.3, 0.4) is 0 Å². The van der Waals surface area contributed by atoms with Crippen LogP contribution in [0.25, 0.3) is 22.0 Å². The molecule has 0 aliphatic heterocycles. The Hall–Kier alpha value is -2.31. The highest BCUT2D eigenvalue weighted by Crippen LogP contribution is 2.32. The zero-order chi connectivity index (χ0) is 18.7. The van der Waals surface area contributed by atoms with Crippen molar-refractivity contribution in [3.8, 4) is 11.1 Å². The second kappa shape index (κ2) is 7.93. The van der Waals surface area contributed by atoms with E-state index in [1.807, 2.05) is 53.2 Å². The van der Waals surface area contributed by atoms with Gasteiger partial charge in [-0.05, 0) is 23.3 Å². The lowest BCUT2D eigenvalue weighted by atomic mass is 10.0. The summed E-state index contributed by atoms with van der Waals surface area (Å²) in [6.07, 6.45) is 1.89. The molecule has 0 unspecified atom stereocenters. The molecule has 1 aromatic heterocycles. The number of alkyl halides is 2. The molecular weight excluding hydrogens is 354 g/mol. The highest BCUT2D eigenvalue weighted by molar-refractivity contribution is 7.80. The fourth-order valence-corrected chi connectivity index (χ4v) is 3.20. The molecule has 0 fully saturated rings. The van der Waals surface area contributed by atoms with E-state index in [9.17, 15) is 13.9 Å². The number of thiocarbonyl (C=S) groups is 1. The smallest absolute Gasteiger partial charge is 0.104 e. The predicted molar refractivity (Wildman–Crippen MR) is 105 cm³/mol. The Morgan fingerprint density at radius 2 is 1.92 bits per heavy atom. The van der Waals surface area contributed by atoms with E-state index in [2.05, 4.69) is 0 Å². The highest BCUT2D eigenvalue weighted by Gasteiger charge is 2.15. The third kappa shape index (κ3) is 3.61. The topological polar surface area (TPSA) is 51.2 Å². The second-order valence-corrected chi connectivity index (χ2v) is 6.76. The van der Waals surface area contributed by atoms with Gasteiger partial charge in [-0.1, -0.05) is 42.5 Å². The second-order valence-electron chi connectivity index (χ2n) is 6.32. The normalized spacial score (nSPS) is 11.4. The molecule has 26 heavy (non-hydrogen) atoms. The Balaban J connectivity index is 2.16. The number of hydrogen-bond acceptors (Lipinski definition) is 2. The van der Waals surface area contributed by atoms with Crippen molar-refractivity contribution in [3.05, 3.63) is 59.8 Å². The molecule has 3 aromatic rings. The van der Waals surface area contributed by atoms with Crippen molar-refractivity contribution in [2.24, 2.45) is 11.7 Å².